The summed E-state index contributed by atoms with van der Waals surface area (Å²) >= 11 is 0. The van der Waals surface area contributed by atoms with E-state index in [-0.39, 0.29) is 0 Å². The highest BCUT2D eigenvalue weighted by Gasteiger charge is 2.02. The lowest BCUT2D eigenvalue weighted by atomic mass is 10.3. The van der Waals surface area contributed by atoms with Gasteiger partial charge >= 0.3 is 0 Å². The van der Waals surface area contributed by atoms with Crippen molar-refractivity contribution in [2.24, 2.45) is 4.99 Å². The van der Waals surface area contributed by atoms with Crippen LogP contribution in [0.3, 0.4) is 0 Å². The SMILES string of the molecule is C1=Nc2ccccc2[N]CC1. The van der Waals surface area contributed by atoms with E-state index in [4.69, 9.17) is 0 Å². The van der Waals surface area contributed by atoms with Crippen molar-refractivity contribution in [3.63, 3.8) is 0 Å². The van der Waals surface area contributed by atoms with Crippen LogP contribution >= 0.6 is 0 Å². The molecule has 0 fully saturated rings. The smallest absolute Gasteiger partial charge is 0.0877 e. The third kappa shape index (κ3) is 1.24. The van der Waals surface area contributed by atoms with Crippen molar-refractivity contribution >= 4 is 17.6 Å². The highest BCUT2D eigenvalue weighted by atomic mass is 14.9. The zero-order chi connectivity index (χ0) is 7.52. The molecule has 0 amide bonds. The van der Waals surface area contributed by atoms with Crippen LogP contribution in [0.25, 0.3) is 0 Å². The number of aliphatic imine (C=N–C) groups is 1. The molecule has 0 N–H and O–H groups in total. The average Bonchev–Trinajstić information content (AvgIpc) is 2.28. The molecule has 0 unspecified atom stereocenters. The Balaban J connectivity index is 2.45. The third-order valence-corrected chi connectivity index (χ3v) is 1.65. The van der Waals surface area contributed by atoms with Gasteiger partial charge in [-0.2, -0.15) is 0 Å². The van der Waals surface area contributed by atoms with Gasteiger partial charge in [-0.1, -0.05) is 12.1 Å². The van der Waals surface area contributed by atoms with Gasteiger partial charge in [-0.3, -0.25) is 10.3 Å². The fraction of sp³-hybridized carbons (Fsp3) is 0.222. The van der Waals surface area contributed by atoms with Crippen LogP contribution in [0.1, 0.15) is 6.42 Å². The van der Waals surface area contributed by atoms with Gasteiger partial charge in [0, 0.05) is 19.2 Å². The predicted molar refractivity (Wildman–Crippen MR) is 45.9 cm³/mol. The van der Waals surface area contributed by atoms with Gasteiger partial charge in [-0.15, -0.1) is 0 Å². The first-order valence-electron chi connectivity index (χ1n) is 3.76. The summed E-state index contributed by atoms with van der Waals surface area (Å²) in [6.07, 6.45) is 2.88. The van der Waals surface area contributed by atoms with Crippen LogP contribution in [0.2, 0.25) is 0 Å². The molecular weight excluding hydrogens is 136 g/mol. The summed E-state index contributed by atoms with van der Waals surface area (Å²) in [6, 6.07) is 7.96. The van der Waals surface area contributed by atoms with Crippen molar-refractivity contribution in [2.75, 3.05) is 6.54 Å². The van der Waals surface area contributed by atoms with Crippen LogP contribution < -0.4 is 5.32 Å². The maximum Gasteiger partial charge on any atom is 0.0877 e. The number of nitrogens with zero attached hydrogens (tertiary/aromatic N) is 2. The lowest BCUT2D eigenvalue weighted by Gasteiger charge is -2.00. The summed E-state index contributed by atoms with van der Waals surface area (Å²) in [7, 11) is 0. The molecule has 2 nitrogen and oxygen atoms in total. The van der Waals surface area contributed by atoms with Gasteiger partial charge in [0.1, 0.15) is 0 Å². The van der Waals surface area contributed by atoms with Crippen LogP contribution in [0.15, 0.2) is 29.3 Å². The molecule has 1 aromatic carbocycles. The number of hydrogen-bond donors (Lipinski definition) is 0. The Hall–Kier alpha value is -1.31. The Morgan fingerprint density at radius 1 is 1.09 bits per heavy atom. The molecule has 1 aliphatic rings. The minimum absolute atomic E-state index is 0.862. The van der Waals surface area contributed by atoms with Gasteiger partial charge in [-0.05, 0) is 12.1 Å². The van der Waals surface area contributed by atoms with Gasteiger partial charge in [0.05, 0.1) is 11.4 Å². The molecule has 1 aromatic rings. The summed E-state index contributed by atoms with van der Waals surface area (Å²) in [4.78, 5) is 4.27. The Morgan fingerprint density at radius 2 is 1.91 bits per heavy atom. The molecule has 0 spiro atoms. The Labute approximate surface area is 66.0 Å². The molecule has 1 heterocycles. The first kappa shape index (κ1) is 6.40. The van der Waals surface area contributed by atoms with E-state index < -0.39 is 0 Å². The molecule has 0 bridgehead atoms. The van der Waals surface area contributed by atoms with Crippen LogP contribution in [-0.2, 0) is 0 Å². The first-order chi connectivity index (χ1) is 5.47. The fourth-order valence-corrected chi connectivity index (χ4v) is 1.11. The number of rotatable bonds is 0. The summed E-state index contributed by atoms with van der Waals surface area (Å²) < 4.78 is 0. The second-order valence-corrected chi connectivity index (χ2v) is 2.47. The van der Waals surface area contributed by atoms with E-state index >= 15 is 0 Å². The van der Waals surface area contributed by atoms with Gasteiger partial charge in [-0.25, -0.2) is 0 Å². The molecule has 0 saturated heterocycles. The third-order valence-electron chi connectivity index (χ3n) is 1.65. The van der Waals surface area contributed by atoms with E-state index in [1.807, 2.05) is 30.5 Å². The predicted octanol–water partition coefficient (Wildman–Crippen LogP) is 2.03. The maximum atomic E-state index is 4.36. The van der Waals surface area contributed by atoms with Crippen molar-refractivity contribution in [1.82, 2.24) is 5.32 Å². The molecule has 2 heteroatoms. The van der Waals surface area contributed by atoms with E-state index in [1.54, 1.807) is 0 Å². The largest absolute Gasteiger partial charge is 0.283 e. The van der Waals surface area contributed by atoms with Gasteiger partial charge < -0.3 is 0 Å². The van der Waals surface area contributed by atoms with E-state index in [2.05, 4.69) is 10.3 Å². The lowest BCUT2D eigenvalue weighted by molar-refractivity contribution is 0.883. The van der Waals surface area contributed by atoms with Crippen molar-refractivity contribution in [3.8, 4) is 0 Å². The molecule has 1 radical (unpaired) electrons. The van der Waals surface area contributed by atoms with Gasteiger partial charge in [0.15, 0.2) is 0 Å². The van der Waals surface area contributed by atoms with Crippen molar-refractivity contribution in [2.45, 2.75) is 6.42 Å². The number of benzene rings is 1. The summed E-state index contributed by atoms with van der Waals surface area (Å²) in [5, 5.41) is 4.36. The summed E-state index contributed by atoms with van der Waals surface area (Å²) in [6.45, 7) is 0.862. The quantitative estimate of drug-likeness (QED) is 0.534. The molecule has 2 rings (SSSR count). The molecule has 11 heavy (non-hydrogen) atoms. The standard InChI is InChI=1S/C9H9N2/c1-2-5-9-8(4-1)10-6-3-7-11-9/h1-2,4-6H,3,7H2. The molecular formula is C9H9N2. The van der Waals surface area contributed by atoms with Crippen molar-refractivity contribution in [3.05, 3.63) is 24.3 Å². The van der Waals surface area contributed by atoms with Gasteiger partial charge in [0.2, 0.25) is 0 Å². The molecule has 55 valence electrons. The molecule has 0 aromatic heterocycles. The number of hydrogen-bond acceptors (Lipinski definition) is 1. The molecule has 0 saturated carbocycles. The normalized spacial score (nSPS) is 14.9. The van der Waals surface area contributed by atoms with E-state index in [9.17, 15) is 0 Å². The molecule has 0 atom stereocenters. The zero-order valence-electron chi connectivity index (χ0n) is 6.20. The van der Waals surface area contributed by atoms with Crippen LogP contribution in [-0.4, -0.2) is 12.8 Å². The Morgan fingerprint density at radius 3 is 2.82 bits per heavy atom. The van der Waals surface area contributed by atoms with Crippen molar-refractivity contribution in [1.29, 1.82) is 0 Å². The fourth-order valence-electron chi connectivity index (χ4n) is 1.11. The monoisotopic (exact) mass is 145 g/mol. The highest BCUT2D eigenvalue weighted by molar-refractivity contribution is 5.71. The number of para-hydroxylation sites is 2. The van der Waals surface area contributed by atoms with Gasteiger partial charge in [0.25, 0.3) is 0 Å². The minimum Gasteiger partial charge on any atom is -0.283 e. The van der Waals surface area contributed by atoms with Crippen LogP contribution in [0.5, 0.6) is 0 Å². The lowest BCUT2D eigenvalue weighted by Crippen LogP contribution is -1.97. The summed E-state index contributed by atoms with van der Waals surface area (Å²) in [5.41, 5.74) is 2.01. The highest BCUT2D eigenvalue weighted by Crippen LogP contribution is 2.25. The van der Waals surface area contributed by atoms with E-state index in [0.29, 0.717) is 0 Å². The zero-order valence-corrected chi connectivity index (χ0v) is 6.20. The van der Waals surface area contributed by atoms with Crippen LogP contribution in [0, 0.1) is 0 Å². The Bertz CT molecular complexity index is 279. The van der Waals surface area contributed by atoms with Crippen molar-refractivity contribution < 1.29 is 0 Å². The number of fused-ring (bicyclic) bond motifs is 1. The Kier molecular flexibility index (Phi) is 1.60. The van der Waals surface area contributed by atoms with Crippen LogP contribution in [0.4, 0.5) is 11.4 Å². The topological polar surface area (TPSA) is 26.5 Å². The molecule has 1 aliphatic heterocycles. The first-order valence-corrected chi connectivity index (χ1v) is 3.76. The van der Waals surface area contributed by atoms with E-state index in [0.717, 1.165) is 24.3 Å². The second-order valence-electron chi connectivity index (χ2n) is 2.47. The molecule has 0 aliphatic carbocycles. The van der Waals surface area contributed by atoms with E-state index in [1.165, 1.54) is 0 Å². The summed E-state index contributed by atoms with van der Waals surface area (Å²) in [5.74, 6) is 0. The minimum atomic E-state index is 0.862. The maximum absolute atomic E-state index is 4.36. The second kappa shape index (κ2) is 2.74. The average molecular weight is 145 g/mol.